The number of halogens is 2. The van der Waals surface area contributed by atoms with Crippen LogP contribution >= 0.6 is 11.6 Å². The summed E-state index contributed by atoms with van der Waals surface area (Å²) in [6, 6.07) is 8.71. The topological polar surface area (TPSA) is 74.6 Å². The van der Waals surface area contributed by atoms with E-state index in [2.05, 4.69) is 21.0 Å². The van der Waals surface area contributed by atoms with Gasteiger partial charge in [-0.1, -0.05) is 28.9 Å². The van der Waals surface area contributed by atoms with Crippen molar-refractivity contribution in [1.82, 2.24) is 9.80 Å². The van der Waals surface area contributed by atoms with Gasteiger partial charge in [-0.3, -0.25) is 9.69 Å². The molecule has 202 valence electrons. The van der Waals surface area contributed by atoms with Crippen molar-refractivity contribution in [3.63, 3.8) is 0 Å². The third kappa shape index (κ3) is 4.51. The van der Waals surface area contributed by atoms with Gasteiger partial charge in [-0.2, -0.15) is 0 Å². The van der Waals surface area contributed by atoms with Gasteiger partial charge < -0.3 is 19.6 Å². The molecule has 3 heterocycles. The number of carboxylic acids is 1. The molecular formula is C29H33ClFN3O4. The first kappa shape index (κ1) is 25.4. The van der Waals surface area contributed by atoms with Gasteiger partial charge in [0.15, 0.2) is 5.60 Å². The van der Waals surface area contributed by atoms with Crippen molar-refractivity contribution in [2.24, 2.45) is 10.6 Å². The molecule has 0 radical (unpaired) electrons. The van der Waals surface area contributed by atoms with Gasteiger partial charge >= 0.3 is 5.97 Å². The lowest BCUT2D eigenvalue weighted by molar-refractivity contribution is -0.150. The van der Waals surface area contributed by atoms with Crippen LogP contribution in [0.3, 0.4) is 0 Å². The monoisotopic (exact) mass is 541 g/mol. The summed E-state index contributed by atoms with van der Waals surface area (Å²) in [4.78, 5) is 22.0. The normalized spacial score (nSPS) is 22.1. The fraction of sp³-hybridized carbons (Fsp3) is 0.517. The molecule has 1 aliphatic carbocycles. The number of carbonyl (C=O) groups is 1. The molecule has 0 aromatic heterocycles. The first-order valence-corrected chi connectivity index (χ1v) is 13.7. The second kappa shape index (κ2) is 9.42. The third-order valence-corrected chi connectivity index (χ3v) is 9.03. The summed E-state index contributed by atoms with van der Waals surface area (Å²) in [6.45, 7) is 5.38. The minimum atomic E-state index is -0.723. The summed E-state index contributed by atoms with van der Waals surface area (Å²) in [5.74, 6) is 1.06. The number of rotatable bonds is 6. The number of carboxylic acid groups (broad SMARTS) is 1. The average molecular weight is 542 g/mol. The summed E-state index contributed by atoms with van der Waals surface area (Å²) >= 11 is 6.95. The number of oxime groups is 1. The lowest BCUT2D eigenvalue weighted by atomic mass is 9.80. The Morgan fingerprint density at radius 3 is 2.53 bits per heavy atom. The third-order valence-electron chi connectivity index (χ3n) is 8.67. The Morgan fingerprint density at radius 2 is 1.92 bits per heavy atom. The van der Waals surface area contributed by atoms with Gasteiger partial charge in [0.1, 0.15) is 17.4 Å². The second-order valence-corrected chi connectivity index (χ2v) is 12.0. The highest BCUT2D eigenvalue weighted by Gasteiger charge is 2.51. The number of ether oxygens (including phenoxy) is 1. The maximum Gasteiger partial charge on any atom is 0.309 e. The van der Waals surface area contributed by atoms with Crippen LogP contribution in [0, 0.1) is 11.2 Å². The molecule has 9 heteroatoms. The number of hydrogen-bond donors (Lipinski definition) is 1. The number of amidine groups is 1. The van der Waals surface area contributed by atoms with E-state index < -0.39 is 11.4 Å². The van der Waals surface area contributed by atoms with Crippen LogP contribution in [0.2, 0.25) is 5.02 Å². The summed E-state index contributed by atoms with van der Waals surface area (Å²) in [5.41, 5.74) is 3.10. The number of nitrogens with zero attached hydrogens (tertiary/aromatic N) is 3. The molecule has 1 saturated carbocycles. The van der Waals surface area contributed by atoms with Crippen LogP contribution < -0.4 is 4.74 Å². The Balaban J connectivity index is 1.14. The van der Waals surface area contributed by atoms with E-state index in [9.17, 15) is 14.3 Å². The molecule has 2 aromatic carbocycles. The number of likely N-dealkylation sites (tertiary alicyclic amines) is 2. The van der Waals surface area contributed by atoms with Crippen molar-refractivity contribution < 1.29 is 23.9 Å². The van der Waals surface area contributed by atoms with Crippen LogP contribution in [-0.4, -0.2) is 65.6 Å². The van der Waals surface area contributed by atoms with Crippen LogP contribution in [0.15, 0.2) is 35.5 Å². The van der Waals surface area contributed by atoms with E-state index in [0.29, 0.717) is 49.2 Å². The van der Waals surface area contributed by atoms with E-state index in [4.69, 9.17) is 21.2 Å². The molecule has 0 amide bonds. The Labute approximate surface area is 227 Å². The van der Waals surface area contributed by atoms with Gasteiger partial charge in [-0.05, 0) is 67.9 Å². The zero-order valence-corrected chi connectivity index (χ0v) is 22.6. The van der Waals surface area contributed by atoms with E-state index >= 15 is 0 Å². The molecule has 2 saturated heterocycles. The van der Waals surface area contributed by atoms with E-state index in [1.54, 1.807) is 19.2 Å². The molecule has 1 N–H and O–H groups in total. The van der Waals surface area contributed by atoms with Crippen molar-refractivity contribution >= 4 is 23.4 Å². The number of aliphatic carboxylic acids is 1. The standard InChI is InChI=1S/C29H33ClFN3O4/c1-28(27(35)36)9-11-34(12-10-28)23-14-29(38-32-23)16-33(17-29)15-20-13-22(18-3-4-18)24(25(30)26(20)37-2)19-5-7-21(31)8-6-19/h5-8,13,18H,3-4,9-12,14-17H2,1-2H3,(H,35,36). The predicted molar refractivity (Wildman–Crippen MR) is 143 cm³/mol. The first-order chi connectivity index (χ1) is 18.2. The summed E-state index contributed by atoms with van der Waals surface area (Å²) in [7, 11) is 1.64. The highest BCUT2D eigenvalue weighted by Crippen LogP contribution is 2.51. The first-order valence-electron chi connectivity index (χ1n) is 13.3. The molecule has 4 aliphatic rings. The zero-order chi connectivity index (χ0) is 26.7. The molecular weight excluding hydrogens is 509 g/mol. The molecule has 1 spiro atoms. The van der Waals surface area contributed by atoms with Crippen molar-refractivity contribution in [3.05, 3.63) is 52.3 Å². The van der Waals surface area contributed by atoms with Gasteiger partial charge in [-0.15, -0.1) is 0 Å². The average Bonchev–Trinajstić information content (AvgIpc) is 3.63. The number of benzene rings is 2. The van der Waals surface area contributed by atoms with Crippen molar-refractivity contribution in [3.8, 4) is 16.9 Å². The van der Waals surface area contributed by atoms with Crippen molar-refractivity contribution in [2.45, 2.75) is 57.1 Å². The van der Waals surface area contributed by atoms with E-state index in [-0.39, 0.29) is 11.4 Å². The number of hydrogen-bond acceptors (Lipinski definition) is 6. The quantitative estimate of drug-likeness (QED) is 0.520. The molecule has 6 rings (SSSR count). The minimum Gasteiger partial charge on any atom is -0.495 e. The van der Waals surface area contributed by atoms with E-state index in [1.807, 2.05) is 6.92 Å². The fourth-order valence-corrected chi connectivity index (χ4v) is 6.52. The van der Waals surface area contributed by atoms with Gasteiger partial charge in [0.05, 0.1) is 24.0 Å². The Morgan fingerprint density at radius 1 is 1.24 bits per heavy atom. The lowest BCUT2D eigenvalue weighted by Crippen LogP contribution is -2.61. The maximum absolute atomic E-state index is 13.6. The van der Waals surface area contributed by atoms with E-state index in [0.717, 1.165) is 54.9 Å². The molecule has 38 heavy (non-hydrogen) atoms. The summed E-state index contributed by atoms with van der Waals surface area (Å²) in [5, 5.41) is 14.5. The van der Waals surface area contributed by atoms with Gasteiger partial charge in [0.25, 0.3) is 0 Å². The van der Waals surface area contributed by atoms with Crippen LogP contribution in [0.5, 0.6) is 5.75 Å². The van der Waals surface area contributed by atoms with Crippen LogP contribution in [0.1, 0.15) is 56.1 Å². The highest BCUT2D eigenvalue weighted by atomic mass is 35.5. The smallest absolute Gasteiger partial charge is 0.309 e. The van der Waals surface area contributed by atoms with Crippen LogP contribution in [0.25, 0.3) is 11.1 Å². The van der Waals surface area contributed by atoms with Crippen molar-refractivity contribution in [1.29, 1.82) is 0 Å². The molecule has 3 aliphatic heterocycles. The van der Waals surface area contributed by atoms with Gasteiger partial charge in [0.2, 0.25) is 0 Å². The molecule has 0 unspecified atom stereocenters. The molecule has 7 nitrogen and oxygen atoms in total. The van der Waals surface area contributed by atoms with Crippen molar-refractivity contribution in [2.75, 3.05) is 33.3 Å². The van der Waals surface area contributed by atoms with Crippen LogP contribution in [-0.2, 0) is 16.2 Å². The predicted octanol–water partition coefficient (Wildman–Crippen LogP) is 5.51. The van der Waals surface area contributed by atoms with Gasteiger partial charge in [-0.25, -0.2) is 4.39 Å². The summed E-state index contributed by atoms with van der Waals surface area (Å²) in [6.07, 6.45) is 4.21. The largest absolute Gasteiger partial charge is 0.495 e. The number of methoxy groups -OCH3 is 1. The van der Waals surface area contributed by atoms with E-state index in [1.165, 1.54) is 17.7 Å². The Kier molecular flexibility index (Phi) is 6.30. The Bertz CT molecular complexity index is 1280. The minimum absolute atomic E-state index is 0.270. The second-order valence-electron chi connectivity index (χ2n) is 11.6. The van der Waals surface area contributed by atoms with Crippen LogP contribution in [0.4, 0.5) is 4.39 Å². The lowest BCUT2D eigenvalue weighted by Gasteiger charge is -2.46. The molecule has 3 fully saturated rings. The molecule has 0 bridgehead atoms. The fourth-order valence-electron chi connectivity index (χ4n) is 6.11. The summed E-state index contributed by atoms with van der Waals surface area (Å²) < 4.78 is 19.4. The SMILES string of the molecule is COc1c(CN2CC3(CC(N4CCC(C)(C(=O)O)CC4)=NO3)C2)cc(C2CC2)c(-c2ccc(F)cc2)c1Cl. The molecule has 2 aromatic rings. The number of piperidine rings is 1. The maximum atomic E-state index is 13.6. The zero-order valence-electron chi connectivity index (χ0n) is 21.8. The van der Waals surface area contributed by atoms with Gasteiger partial charge in [0, 0.05) is 43.9 Å². The highest BCUT2D eigenvalue weighted by molar-refractivity contribution is 6.35. The molecule has 0 atom stereocenters. The Hall–Kier alpha value is -2.84.